The summed E-state index contributed by atoms with van der Waals surface area (Å²) < 4.78 is 5.38. The Kier molecular flexibility index (Phi) is 3.53. The fourth-order valence-electron chi connectivity index (χ4n) is 1.53. The van der Waals surface area contributed by atoms with Crippen LogP contribution in [0, 0.1) is 17.0 Å². The van der Waals surface area contributed by atoms with Crippen LogP contribution in [0.15, 0.2) is 34.7 Å². The molecular formula is C12H11ClN2O3. The first kappa shape index (κ1) is 12.4. The molecule has 1 N–H and O–H groups in total. The zero-order chi connectivity index (χ0) is 13.1. The van der Waals surface area contributed by atoms with Crippen LogP contribution in [0.5, 0.6) is 0 Å². The molecule has 1 aromatic carbocycles. The average Bonchev–Trinajstić information content (AvgIpc) is 2.74. The van der Waals surface area contributed by atoms with Gasteiger partial charge in [0, 0.05) is 11.8 Å². The highest BCUT2D eigenvalue weighted by Crippen LogP contribution is 2.27. The number of nitro benzene ring substituents is 1. The van der Waals surface area contributed by atoms with E-state index < -0.39 is 4.92 Å². The van der Waals surface area contributed by atoms with Gasteiger partial charge in [0.2, 0.25) is 0 Å². The van der Waals surface area contributed by atoms with E-state index in [1.54, 1.807) is 6.07 Å². The van der Waals surface area contributed by atoms with Gasteiger partial charge in [-0.05, 0) is 31.2 Å². The molecular weight excluding hydrogens is 256 g/mol. The highest BCUT2D eigenvalue weighted by molar-refractivity contribution is 6.32. The van der Waals surface area contributed by atoms with Crippen LogP contribution in [-0.2, 0) is 6.54 Å². The molecule has 2 rings (SSSR count). The van der Waals surface area contributed by atoms with Crippen LogP contribution in [-0.4, -0.2) is 4.92 Å². The van der Waals surface area contributed by atoms with Crippen LogP contribution in [0.4, 0.5) is 11.4 Å². The van der Waals surface area contributed by atoms with Gasteiger partial charge < -0.3 is 9.73 Å². The lowest BCUT2D eigenvalue weighted by Crippen LogP contribution is -1.99. The van der Waals surface area contributed by atoms with Gasteiger partial charge in [0.1, 0.15) is 16.5 Å². The first-order valence-electron chi connectivity index (χ1n) is 5.29. The summed E-state index contributed by atoms with van der Waals surface area (Å²) in [6.45, 7) is 2.32. The minimum Gasteiger partial charge on any atom is -0.465 e. The predicted octanol–water partition coefficient (Wildman–Crippen LogP) is 3.76. The van der Waals surface area contributed by atoms with Crippen molar-refractivity contribution < 1.29 is 9.34 Å². The maximum atomic E-state index is 10.7. The second-order valence-corrected chi connectivity index (χ2v) is 4.20. The first-order valence-corrected chi connectivity index (χ1v) is 5.67. The summed E-state index contributed by atoms with van der Waals surface area (Å²) in [7, 11) is 0. The molecule has 0 saturated heterocycles. The Hall–Kier alpha value is -2.01. The smallest absolute Gasteiger partial charge is 0.289 e. The number of hydrogen-bond acceptors (Lipinski definition) is 4. The third-order valence-corrected chi connectivity index (χ3v) is 2.73. The van der Waals surface area contributed by atoms with Crippen LogP contribution in [0.3, 0.4) is 0 Å². The Morgan fingerprint density at radius 3 is 2.78 bits per heavy atom. The largest absolute Gasteiger partial charge is 0.465 e. The van der Waals surface area contributed by atoms with E-state index in [-0.39, 0.29) is 10.7 Å². The SMILES string of the molecule is Cc1ccc(CNc2ccc(Cl)c([N+](=O)[O-])c2)o1. The van der Waals surface area contributed by atoms with Crippen LogP contribution in [0.25, 0.3) is 0 Å². The molecule has 0 saturated carbocycles. The van der Waals surface area contributed by atoms with E-state index in [9.17, 15) is 10.1 Å². The Balaban J connectivity index is 2.10. The number of nitrogens with zero attached hydrogens (tertiary/aromatic N) is 1. The number of rotatable bonds is 4. The van der Waals surface area contributed by atoms with Gasteiger partial charge in [0.15, 0.2) is 0 Å². The summed E-state index contributed by atoms with van der Waals surface area (Å²) in [5.41, 5.74) is 0.512. The highest BCUT2D eigenvalue weighted by Gasteiger charge is 2.12. The van der Waals surface area contributed by atoms with Gasteiger partial charge in [-0.1, -0.05) is 11.6 Å². The normalized spacial score (nSPS) is 10.3. The lowest BCUT2D eigenvalue weighted by atomic mass is 10.2. The monoisotopic (exact) mass is 266 g/mol. The van der Waals surface area contributed by atoms with Crippen molar-refractivity contribution in [2.24, 2.45) is 0 Å². The van der Waals surface area contributed by atoms with Crippen molar-refractivity contribution in [3.05, 3.63) is 57.0 Å². The van der Waals surface area contributed by atoms with Crippen molar-refractivity contribution in [2.45, 2.75) is 13.5 Å². The van der Waals surface area contributed by atoms with E-state index in [0.29, 0.717) is 12.2 Å². The topological polar surface area (TPSA) is 68.3 Å². The molecule has 0 aliphatic carbocycles. The van der Waals surface area contributed by atoms with Crippen LogP contribution < -0.4 is 5.32 Å². The van der Waals surface area contributed by atoms with Gasteiger partial charge in [-0.15, -0.1) is 0 Å². The van der Waals surface area contributed by atoms with E-state index in [4.69, 9.17) is 16.0 Å². The summed E-state index contributed by atoms with van der Waals surface area (Å²) >= 11 is 5.72. The van der Waals surface area contributed by atoms with Gasteiger partial charge in [-0.2, -0.15) is 0 Å². The summed E-state index contributed by atoms with van der Waals surface area (Å²) in [6.07, 6.45) is 0. The second kappa shape index (κ2) is 5.10. The number of anilines is 1. The molecule has 0 spiro atoms. The van der Waals surface area contributed by atoms with Gasteiger partial charge >= 0.3 is 0 Å². The molecule has 0 radical (unpaired) electrons. The maximum Gasteiger partial charge on any atom is 0.289 e. The van der Waals surface area contributed by atoms with Crippen molar-refractivity contribution in [3.8, 4) is 0 Å². The van der Waals surface area contributed by atoms with E-state index in [1.165, 1.54) is 12.1 Å². The minimum absolute atomic E-state index is 0.114. The van der Waals surface area contributed by atoms with Crippen LogP contribution >= 0.6 is 11.6 Å². The number of aryl methyl sites for hydroxylation is 1. The molecule has 94 valence electrons. The highest BCUT2D eigenvalue weighted by atomic mass is 35.5. The fraction of sp³-hybridized carbons (Fsp3) is 0.167. The Labute approximate surface area is 109 Å². The van der Waals surface area contributed by atoms with E-state index in [0.717, 1.165) is 11.5 Å². The zero-order valence-corrected chi connectivity index (χ0v) is 10.4. The molecule has 0 unspecified atom stereocenters. The summed E-state index contributed by atoms with van der Waals surface area (Å²) in [5.74, 6) is 1.60. The standard InChI is InChI=1S/C12H11ClN2O3/c1-8-2-4-10(18-8)7-14-9-3-5-11(13)12(6-9)15(16)17/h2-6,14H,7H2,1H3. The number of nitro groups is 1. The average molecular weight is 267 g/mol. The molecule has 0 bridgehead atoms. The molecule has 18 heavy (non-hydrogen) atoms. The molecule has 0 aliphatic heterocycles. The van der Waals surface area contributed by atoms with Crippen molar-refractivity contribution >= 4 is 23.0 Å². The number of furan rings is 1. The van der Waals surface area contributed by atoms with Crippen molar-refractivity contribution in [1.29, 1.82) is 0 Å². The molecule has 1 aromatic heterocycles. The van der Waals surface area contributed by atoms with Crippen molar-refractivity contribution in [3.63, 3.8) is 0 Å². The predicted molar refractivity (Wildman–Crippen MR) is 68.9 cm³/mol. The summed E-state index contributed by atoms with van der Waals surface area (Å²) in [4.78, 5) is 10.2. The Morgan fingerprint density at radius 1 is 1.39 bits per heavy atom. The zero-order valence-electron chi connectivity index (χ0n) is 9.64. The molecule has 0 fully saturated rings. The lowest BCUT2D eigenvalue weighted by Gasteiger charge is -2.04. The summed E-state index contributed by atoms with van der Waals surface area (Å²) in [5, 5.41) is 13.9. The fourth-order valence-corrected chi connectivity index (χ4v) is 1.72. The van der Waals surface area contributed by atoms with Crippen molar-refractivity contribution in [1.82, 2.24) is 0 Å². The molecule has 6 heteroatoms. The molecule has 0 atom stereocenters. The van der Waals surface area contributed by atoms with Gasteiger partial charge in [0.25, 0.3) is 5.69 Å². The van der Waals surface area contributed by atoms with E-state index >= 15 is 0 Å². The number of hydrogen-bond donors (Lipinski definition) is 1. The Morgan fingerprint density at radius 2 is 2.17 bits per heavy atom. The van der Waals surface area contributed by atoms with E-state index in [1.807, 2.05) is 19.1 Å². The lowest BCUT2D eigenvalue weighted by molar-refractivity contribution is -0.384. The third kappa shape index (κ3) is 2.81. The quantitative estimate of drug-likeness (QED) is 0.676. The summed E-state index contributed by atoms with van der Waals surface area (Å²) in [6, 6.07) is 8.30. The third-order valence-electron chi connectivity index (χ3n) is 2.41. The number of benzene rings is 1. The van der Waals surface area contributed by atoms with Crippen LogP contribution in [0.1, 0.15) is 11.5 Å². The second-order valence-electron chi connectivity index (χ2n) is 3.79. The van der Waals surface area contributed by atoms with Gasteiger partial charge in [-0.25, -0.2) is 0 Å². The van der Waals surface area contributed by atoms with Gasteiger partial charge in [0.05, 0.1) is 11.5 Å². The van der Waals surface area contributed by atoms with Crippen molar-refractivity contribution in [2.75, 3.05) is 5.32 Å². The molecule has 0 aliphatic rings. The molecule has 2 aromatic rings. The van der Waals surface area contributed by atoms with Gasteiger partial charge in [-0.3, -0.25) is 10.1 Å². The van der Waals surface area contributed by atoms with E-state index in [2.05, 4.69) is 5.32 Å². The molecule has 1 heterocycles. The number of halogens is 1. The first-order chi connectivity index (χ1) is 8.56. The Bertz CT molecular complexity index is 580. The molecule has 0 amide bonds. The molecule has 5 nitrogen and oxygen atoms in total. The maximum absolute atomic E-state index is 10.7. The van der Waals surface area contributed by atoms with Crippen LogP contribution in [0.2, 0.25) is 5.02 Å². The number of nitrogens with one attached hydrogen (secondary N) is 1. The minimum atomic E-state index is -0.509.